The van der Waals surface area contributed by atoms with Gasteiger partial charge in [0.2, 0.25) is 11.8 Å². The van der Waals surface area contributed by atoms with Crippen molar-refractivity contribution in [1.29, 1.82) is 0 Å². The predicted octanol–water partition coefficient (Wildman–Crippen LogP) is 3.60. The highest BCUT2D eigenvalue weighted by Gasteiger charge is 2.62. The molecule has 5 rings (SSSR count). The lowest BCUT2D eigenvalue weighted by atomic mass is 9.64. The second-order valence-corrected chi connectivity index (χ2v) is 9.01. The van der Waals surface area contributed by atoms with Crippen LogP contribution >= 0.6 is 11.6 Å². The van der Waals surface area contributed by atoms with Gasteiger partial charge in [0.1, 0.15) is 18.5 Å². The Balaban J connectivity index is 1.41. The molecule has 2 aromatic heterocycles. The molecule has 0 spiro atoms. The molecule has 1 N–H and O–H groups in total. The fraction of sp³-hybridized carbons (Fsp3) is 0.476. The number of anilines is 1. The van der Waals surface area contributed by atoms with Crippen LogP contribution in [0, 0.1) is 5.92 Å². The van der Waals surface area contributed by atoms with Crippen molar-refractivity contribution in [3.8, 4) is 11.4 Å². The minimum atomic E-state index is -0.594. The van der Waals surface area contributed by atoms with Crippen LogP contribution in [0.5, 0.6) is 0 Å². The monoisotopic (exact) mass is 457 g/mol. The molecular formula is C21H24ClN7O3. The first-order valence-electron chi connectivity index (χ1n) is 10.5. The third kappa shape index (κ3) is 3.43. The van der Waals surface area contributed by atoms with E-state index in [1.165, 1.54) is 0 Å². The Hall–Kier alpha value is -2.98. The summed E-state index contributed by atoms with van der Waals surface area (Å²) >= 11 is 6.35. The summed E-state index contributed by atoms with van der Waals surface area (Å²) in [5.74, 6) is 1.82. The average Bonchev–Trinajstić information content (AvgIpc) is 3.38. The van der Waals surface area contributed by atoms with E-state index in [0.717, 1.165) is 19.3 Å². The Morgan fingerprint density at radius 3 is 2.97 bits per heavy atom. The lowest BCUT2D eigenvalue weighted by Gasteiger charge is -2.61. The number of methoxy groups -OCH3 is 1. The molecule has 1 saturated heterocycles. The third-order valence-corrected chi connectivity index (χ3v) is 6.50. The van der Waals surface area contributed by atoms with Gasteiger partial charge in [-0.05, 0) is 37.0 Å². The first-order valence-corrected chi connectivity index (χ1v) is 10.8. The van der Waals surface area contributed by atoms with Gasteiger partial charge in [-0.25, -0.2) is 9.78 Å². The number of halogens is 1. The maximum absolute atomic E-state index is 13.4. The lowest BCUT2D eigenvalue weighted by Crippen LogP contribution is -2.70. The highest BCUT2D eigenvalue weighted by atomic mass is 35.5. The van der Waals surface area contributed by atoms with E-state index in [1.54, 1.807) is 43.4 Å². The normalized spacial score (nSPS) is 24.3. The number of fused-ring (bicyclic) bond motifs is 2. The molecule has 10 nitrogen and oxygen atoms in total. The van der Waals surface area contributed by atoms with Crippen molar-refractivity contribution < 1.29 is 13.9 Å². The fourth-order valence-corrected chi connectivity index (χ4v) is 5.20. The number of amides is 2. The van der Waals surface area contributed by atoms with Gasteiger partial charge in [0, 0.05) is 37.9 Å². The third-order valence-electron chi connectivity index (χ3n) is 6.17. The number of urea groups is 1. The first-order chi connectivity index (χ1) is 15.4. The minimum Gasteiger partial charge on any atom is -0.420 e. The van der Waals surface area contributed by atoms with Gasteiger partial charge >= 0.3 is 6.03 Å². The van der Waals surface area contributed by atoms with Gasteiger partial charge in [-0.1, -0.05) is 18.5 Å². The second kappa shape index (κ2) is 7.86. The molecule has 2 aliphatic rings. The first kappa shape index (κ1) is 20.9. The van der Waals surface area contributed by atoms with Gasteiger partial charge in [-0.15, -0.1) is 10.2 Å². The predicted molar refractivity (Wildman–Crippen MR) is 116 cm³/mol. The van der Waals surface area contributed by atoms with Crippen molar-refractivity contribution in [3.63, 3.8) is 0 Å². The van der Waals surface area contributed by atoms with Crippen molar-refractivity contribution in [2.75, 3.05) is 12.4 Å². The molecule has 0 unspecified atom stereocenters. The van der Waals surface area contributed by atoms with E-state index in [2.05, 4.69) is 32.5 Å². The molecule has 3 heterocycles. The van der Waals surface area contributed by atoms with E-state index in [1.807, 2.05) is 4.90 Å². The zero-order valence-electron chi connectivity index (χ0n) is 18.1. The van der Waals surface area contributed by atoms with Crippen LogP contribution in [0.3, 0.4) is 0 Å². The number of piperidine rings is 1. The van der Waals surface area contributed by atoms with Crippen LogP contribution in [0.2, 0.25) is 5.02 Å². The molecule has 32 heavy (non-hydrogen) atoms. The van der Waals surface area contributed by atoms with Gasteiger partial charge < -0.3 is 19.4 Å². The Kier molecular flexibility index (Phi) is 5.13. The minimum absolute atomic E-state index is 0.126. The standard InChI is InChI=1S/C21H24ClN7O3/c1-12-6-14-9-21(8-12,19-26-25-17(32-19)10-31-3)29(14)20(30)24-13-4-5-16(22)15(7-13)18-23-11-28(2)27-18/h4-5,7,11-12,14H,6,8-10H2,1-3H3,(H,24,30)/t12-,14-,21+/m0/s1. The van der Waals surface area contributed by atoms with Crippen molar-refractivity contribution in [1.82, 2.24) is 29.9 Å². The summed E-state index contributed by atoms with van der Waals surface area (Å²) in [5, 5.41) is 16.2. The molecule has 168 valence electrons. The zero-order valence-corrected chi connectivity index (χ0v) is 18.8. The molecule has 1 aliphatic heterocycles. The number of hydrogen-bond donors (Lipinski definition) is 1. The summed E-state index contributed by atoms with van der Waals surface area (Å²) in [6, 6.07) is 5.19. The van der Waals surface area contributed by atoms with Crippen molar-refractivity contribution in [2.24, 2.45) is 13.0 Å². The largest absolute Gasteiger partial charge is 0.420 e. The van der Waals surface area contributed by atoms with E-state index in [9.17, 15) is 4.79 Å². The quantitative estimate of drug-likeness (QED) is 0.623. The Morgan fingerprint density at radius 1 is 1.38 bits per heavy atom. The topological polar surface area (TPSA) is 111 Å². The number of rotatable bonds is 5. The van der Waals surface area contributed by atoms with Crippen LogP contribution < -0.4 is 5.32 Å². The number of carbonyl (C=O) groups excluding carboxylic acids is 1. The summed E-state index contributed by atoms with van der Waals surface area (Å²) in [7, 11) is 3.36. The number of nitrogens with one attached hydrogen (secondary N) is 1. The second-order valence-electron chi connectivity index (χ2n) is 8.61. The van der Waals surface area contributed by atoms with Gasteiger partial charge in [0.25, 0.3) is 0 Å². The number of hydrogen-bond acceptors (Lipinski definition) is 7. The highest BCUT2D eigenvalue weighted by molar-refractivity contribution is 6.33. The molecule has 2 amide bonds. The SMILES string of the molecule is COCc1nnc([C@@]23C[C@@H](C)C[C@@H](C2)N3C(=O)Nc2ccc(Cl)c(-c3ncn(C)n3)c2)o1. The Bertz CT molecular complexity index is 1160. The maximum atomic E-state index is 13.4. The van der Waals surface area contributed by atoms with Gasteiger partial charge in [-0.3, -0.25) is 4.68 Å². The molecule has 1 saturated carbocycles. The van der Waals surface area contributed by atoms with Gasteiger partial charge in [0.05, 0.1) is 5.02 Å². The van der Waals surface area contributed by atoms with Crippen LogP contribution in [-0.2, 0) is 23.9 Å². The number of nitrogens with zero attached hydrogens (tertiary/aromatic N) is 6. The molecule has 2 bridgehead atoms. The number of aromatic nitrogens is 5. The molecule has 3 atom stereocenters. The van der Waals surface area contributed by atoms with Crippen LogP contribution in [-0.4, -0.2) is 49.0 Å². The van der Waals surface area contributed by atoms with E-state index in [0.29, 0.717) is 39.8 Å². The number of carbonyl (C=O) groups is 1. The summed E-state index contributed by atoms with van der Waals surface area (Å²) in [6.45, 7) is 2.43. The Morgan fingerprint density at radius 2 is 2.22 bits per heavy atom. The Labute approximate surface area is 189 Å². The number of likely N-dealkylation sites (tertiary alicyclic amines) is 1. The van der Waals surface area contributed by atoms with E-state index in [4.69, 9.17) is 20.8 Å². The molecule has 1 aromatic carbocycles. The summed E-state index contributed by atoms with van der Waals surface area (Å²) in [6.07, 6.45) is 4.13. The van der Waals surface area contributed by atoms with E-state index < -0.39 is 5.54 Å². The molecule has 2 fully saturated rings. The smallest absolute Gasteiger partial charge is 0.323 e. The summed E-state index contributed by atoms with van der Waals surface area (Å²) < 4.78 is 12.6. The average molecular weight is 458 g/mol. The lowest BCUT2D eigenvalue weighted by molar-refractivity contribution is -0.110. The van der Waals surface area contributed by atoms with E-state index in [-0.39, 0.29) is 18.7 Å². The van der Waals surface area contributed by atoms with Crippen LogP contribution in [0.25, 0.3) is 11.4 Å². The molecule has 1 aliphatic carbocycles. The van der Waals surface area contributed by atoms with Crippen molar-refractivity contribution in [2.45, 2.75) is 44.4 Å². The van der Waals surface area contributed by atoms with Gasteiger partial charge in [-0.2, -0.15) is 5.10 Å². The summed E-state index contributed by atoms with van der Waals surface area (Å²) in [4.78, 5) is 19.5. The molecular weight excluding hydrogens is 434 g/mol. The zero-order chi connectivity index (χ0) is 22.5. The molecule has 11 heteroatoms. The number of benzene rings is 1. The molecule has 3 aromatic rings. The van der Waals surface area contributed by atoms with Crippen LogP contribution in [0.1, 0.15) is 38.0 Å². The highest BCUT2D eigenvalue weighted by Crippen LogP contribution is 2.55. The number of ether oxygens (including phenoxy) is 1. The van der Waals surface area contributed by atoms with E-state index >= 15 is 0 Å². The van der Waals surface area contributed by atoms with Crippen molar-refractivity contribution in [3.05, 3.63) is 41.3 Å². The van der Waals surface area contributed by atoms with Crippen molar-refractivity contribution >= 4 is 23.3 Å². The van der Waals surface area contributed by atoms with Crippen LogP contribution in [0.4, 0.5) is 10.5 Å². The molecule has 0 radical (unpaired) electrons. The maximum Gasteiger partial charge on any atom is 0.323 e. The number of aryl methyl sites for hydroxylation is 1. The fourth-order valence-electron chi connectivity index (χ4n) is 4.99. The van der Waals surface area contributed by atoms with Gasteiger partial charge in [0.15, 0.2) is 5.82 Å². The summed E-state index contributed by atoms with van der Waals surface area (Å²) in [5.41, 5.74) is 0.669. The van der Waals surface area contributed by atoms with Crippen LogP contribution in [0.15, 0.2) is 28.9 Å².